The van der Waals surface area contributed by atoms with E-state index in [9.17, 15) is 39.6 Å². The highest BCUT2D eigenvalue weighted by atomic mass is 32.2. The maximum Gasteiger partial charge on any atom is 0.422 e. The summed E-state index contributed by atoms with van der Waals surface area (Å²) in [5, 5.41) is 3.81. The number of hydrogen-bond donors (Lipinski definition) is 0. The van der Waals surface area contributed by atoms with Gasteiger partial charge in [0.1, 0.15) is 10.6 Å². The summed E-state index contributed by atoms with van der Waals surface area (Å²) >= 11 is 0. The molecule has 31 heavy (non-hydrogen) atoms. The Kier molecular flexibility index (Phi) is 5.50. The van der Waals surface area contributed by atoms with Crippen molar-refractivity contribution in [2.75, 3.05) is 12.4 Å². The van der Waals surface area contributed by atoms with Crippen molar-refractivity contribution in [2.45, 2.75) is 24.2 Å². The van der Waals surface area contributed by atoms with Crippen LogP contribution < -0.4 is 10.4 Å². The normalized spacial score (nSPS) is 13.0. The van der Waals surface area contributed by atoms with Gasteiger partial charge in [-0.2, -0.15) is 31.0 Å². The Morgan fingerprint density at radius 3 is 2.39 bits per heavy atom. The van der Waals surface area contributed by atoms with Crippen LogP contribution in [0.2, 0.25) is 0 Å². The number of fused-ring (bicyclic) bond motifs is 1. The van der Waals surface area contributed by atoms with Crippen LogP contribution in [0.25, 0.3) is 11.5 Å². The lowest BCUT2D eigenvalue weighted by molar-refractivity contribution is -0.153. The van der Waals surface area contributed by atoms with Crippen LogP contribution in [0.1, 0.15) is 12.5 Å². The molecule has 8 nitrogen and oxygen atoms in total. The minimum absolute atomic E-state index is 0.133. The van der Waals surface area contributed by atoms with Gasteiger partial charge in [0.05, 0.1) is 17.5 Å². The Bertz CT molecular complexity index is 1290. The molecule has 0 amide bonds. The Balaban J connectivity index is 2.17. The summed E-state index contributed by atoms with van der Waals surface area (Å²) < 4.78 is 106. The topological polar surface area (TPSA) is 95.6 Å². The first-order chi connectivity index (χ1) is 14.2. The van der Waals surface area contributed by atoms with Crippen molar-refractivity contribution in [2.24, 2.45) is 0 Å². The van der Waals surface area contributed by atoms with E-state index in [4.69, 9.17) is 0 Å². The maximum atomic E-state index is 13.0. The first-order valence-corrected chi connectivity index (χ1v) is 9.99. The molecule has 0 aliphatic carbocycles. The highest BCUT2D eigenvalue weighted by Crippen LogP contribution is 2.32. The summed E-state index contributed by atoms with van der Waals surface area (Å²) in [6, 6.07) is 2.54. The quantitative estimate of drug-likeness (QED) is 0.532. The van der Waals surface area contributed by atoms with Crippen molar-refractivity contribution in [3.63, 3.8) is 0 Å². The highest BCUT2D eigenvalue weighted by Gasteiger charge is 2.34. The van der Waals surface area contributed by atoms with E-state index < -0.39 is 56.5 Å². The first kappa shape index (κ1) is 22.6. The van der Waals surface area contributed by atoms with Gasteiger partial charge in [0, 0.05) is 6.20 Å². The van der Waals surface area contributed by atoms with Gasteiger partial charge in [0.25, 0.3) is 0 Å². The van der Waals surface area contributed by atoms with E-state index in [-0.39, 0.29) is 11.4 Å². The van der Waals surface area contributed by atoms with E-state index in [1.54, 1.807) is 0 Å². The lowest BCUT2D eigenvalue weighted by atomic mass is 10.3. The van der Waals surface area contributed by atoms with E-state index >= 15 is 0 Å². The molecular formula is C16H12F6N4O4S. The summed E-state index contributed by atoms with van der Waals surface area (Å²) in [5.74, 6) is -1.60. The minimum atomic E-state index is -4.89. The van der Waals surface area contributed by atoms with Crippen molar-refractivity contribution in [1.82, 2.24) is 19.2 Å². The van der Waals surface area contributed by atoms with Crippen molar-refractivity contribution in [3.05, 3.63) is 46.6 Å². The van der Waals surface area contributed by atoms with Gasteiger partial charge in [-0.15, -0.1) is 5.10 Å². The van der Waals surface area contributed by atoms with E-state index in [0.717, 1.165) is 22.7 Å². The Hall–Kier alpha value is -3.10. The van der Waals surface area contributed by atoms with Crippen LogP contribution in [-0.2, 0) is 16.0 Å². The van der Waals surface area contributed by atoms with Crippen LogP contribution >= 0.6 is 0 Å². The molecule has 0 atom stereocenters. The molecule has 168 valence electrons. The number of aromatic nitrogens is 4. The number of rotatable bonds is 5. The molecule has 0 N–H and O–H groups in total. The molecule has 3 aromatic rings. The summed E-state index contributed by atoms with van der Waals surface area (Å²) in [7, 11) is -4.27. The smallest absolute Gasteiger partial charge is 0.422 e. The Morgan fingerprint density at radius 2 is 1.81 bits per heavy atom. The number of hydrogen-bond acceptors (Lipinski definition) is 6. The van der Waals surface area contributed by atoms with Crippen molar-refractivity contribution >= 4 is 15.5 Å². The molecule has 0 radical (unpaired) electrons. The van der Waals surface area contributed by atoms with E-state index in [1.807, 2.05) is 0 Å². The van der Waals surface area contributed by atoms with Crippen LogP contribution in [0.4, 0.5) is 26.3 Å². The van der Waals surface area contributed by atoms with Gasteiger partial charge in [-0.3, -0.25) is 0 Å². The second kappa shape index (κ2) is 7.55. The zero-order valence-corrected chi connectivity index (χ0v) is 16.2. The van der Waals surface area contributed by atoms with Crippen LogP contribution in [0, 0.1) is 0 Å². The molecule has 0 bridgehead atoms. The number of nitrogens with zero attached hydrogens (tertiary/aromatic N) is 4. The maximum absolute atomic E-state index is 13.0. The fourth-order valence-electron chi connectivity index (χ4n) is 2.48. The van der Waals surface area contributed by atoms with Gasteiger partial charge in [0.2, 0.25) is 0 Å². The lowest BCUT2D eigenvalue weighted by Gasteiger charge is -2.11. The predicted octanol–water partition coefficient (Wildman–Crippen LogP) is 2.63. The van der Waals surface area contributed by atoms with Crippen LogP contribution in [0.5, 0.6) is 5.75 Å². The summed E-state index contributed by atoms with van der Waals surface area (Å²) in [4.78, 5) is 15.3. The van der Waals surface area contributed by atoms with Crippen molar-refractivity contribution in [3.8, 4) is 11.6 Å². The standard InChI is InChI=1S/C16H12F6N4O4S/c1-2-31(28,29)11-5-9(16(20,21)22)6-23-13(11)26-14(27)25-7-10(3-4-12(25)24-26)30-8-15(17,18)19/h3-7H,2,8H2,1H3. The number of ether oxygens (including phenoxy) is 1. The van der Waals surface area contributed by atoms with E-state index in [1.165, 1.54) is 6.92 Å². The molecule has 0 unspecified atom stereocenters. The average molecular weight is 470 g/mol. The largest absolute Gasteiger partial charge is 0.483 e. The molecule has 3 rings (SSSR count). The van der Waals surface area contributed by atoms with Gasteiger partial charge < -0.3 is 4.74 Å². The minimum Gasteiger partial charge on any atom is -0.483 e. The SMILES string of the molecule is CCS(=O)(=O)c1cc(C(F)(F)F)cnc1-n1nc2ccc(OCC(F)(F)F)cn2c1=O. The van der Waals surface area contributed by atoms with Crippen LogP contribution in [0.15, 0.2) is 40.3 Å². The molecular weight excluding hydrogens is 458 g/mol. The monoisotopic (exact) mass is 470 g/mol. The third-order valence-electron chi connectivity index (χ3n) is 3.97. The molecule has 0 aliphatic rings. The molecule has 0 aliphatic heterocycles. The zero-order chi connectivity index (χ0) is 23.2. The first-order valence-electron chi connectivity index (χ1n) is 8.34. The zero-order valence-electron chi connectivity index (χ0n) is 15.4. The number of sulfone groups is 1. The third-order valence-corrected chi connectivity index (χ3v) is 5.70. The van der Waals surface area contributed by atoms with Crippen molar-refractivity contribution in [1.29, 1.82) is 0 Å². The molecule has 0 saturated heterocycles. The average Bonchev–Trinajstić information content (AvgIpc) is 3.00. The van der Waals surface area contributed by atoms with Gasteiger partial charge in [-0.25, -0.2) is 22.6 Å². The molecule has 3 aromatic heterocycles. The number of halogens is 6. The second-order valence-corrected chi connectivity index (χ2v) is 8.38. The second-order valence-electron chi connectivity index (χ2n) is 6.14. The molecule has 0 fully saturated rings. The third kappa shape index (κ3) is 4.65. The predicted molar refractivity (Wildman–Crippen MR) is 92.9 cm³/mol. The Morgan fingerprint density at radius 1 is 1.13 bits per heavy atom. The Labute approximate surface area is 169 Å². The van der Waals surface area contributed by atoms with Gasteiger partial charge >= 0.3 is 18.0 Å². The number of alkyl halides is 6. The summed E-state index contributed by atoms with van der Waals surface area (Å²) in [6.07, 6.45) is -8.29. The molecule has 0 spiro atoms. The van der Waals surface area contributed by atoms with E-state index in [2.05, 4.69) is 14.8 Å². The fourth-order valence-corrected chi connectivity index (χ4v) is 3.51. The van der Waals surface area contributed by atoms with Gasteiger partial charge in [-0.05, 0) is 18.2 Å². The molecule has 3 heterocycles. The molecule has 15 heteroatoms. The van der Waals surface area contributed by atoms with E-state index in [0.29, 0.717) is 16.9 Å². The van der Waals surface area contributed by atoms with Crippen LogP contribution in [-0.4, -0.2) is 46.1 Å². The van der Waals surface area contributed by atoms with Crippen molar-refractivity contribution < 1.29 is 39.5 Å². The lowest BCUT2D eigenvalue weighted by Crippen LogP contribution is -2.24. The fraction of sp³-hybridized carbons (Fsp3) is 0.312. The van der Waals surface area contributed by atoms with Gasteiger partial charge in [-0.1, -0.05) is 6.92 Å². The molecule has 0 saturated carbocycles. The highest BCUT2D eigenvalue weighted by molar-refractivity contribution is 7.91. The number of pyridine rings is 2. The van der Waals surface area contributed by atoms with Gasteiger partial charge in [0.15, 0.2) is 27.9 Å². The summed E-state index contributed by atoms with van der Waals surface area (Å²) in [6.45, 7) is -0.434. The van der Waals surface area contributed by atoms with Crippen LogP contribution in [0.3, 0.4) is 0 Å². The summed E-state index contributed by atoms with van der Waals surface area (Å²) in [5.41, 5.74) is -2.55. The molecule has 0 aromatic carbocycles.